The minimum absolute atomic E-state index is 0.000148. The Bertz CT molecular complexity index is 679. The molecule has 1 fully saturated rings. The van der Waals surface area contributed by atoms with Gasteiger partial charge in [-0.05, 0) is 25.7 Å². The monoisotopic (exact) mass is 333 g/mol. The van der Waals surface area contributed by atoms with Gasteiger partial charge in [-0.15, -0.1) is 0 Å². The number of piperidine rings is 1. The Kier molecular flexibility index (Phi) is 5.80. The van der Waals surface area contributed by atoms with Gasteiger partial charge in [-0.1, -0.05) is 13.8 Å². The van der Waals surface area contributed by atoms with E-state index in [0.717, 1.165) is 25.1 Å². The third kappa shape index (κ3) is 4.24. The summed E-state index contributed by atoms with van der Waals surface area (Å²) in [5, 5.41) is 2.92. The number of nitrogens with zero attached hydrogens (tertiary/aromatic N) is 2. The second-order valence-corrected chi connectivity index (χ2v) is 6.93. The predicted octanol–water partition coefficient (Wildman–Crippen LogP) is 1.32. The largest absolute Gasteiger partial charge is 0.350 e. The van der Waals surface area contributed by atoms with Crippen LogP contribution in [0.15, 0.2) is 16.9 Å². The molecule has 0 saturated carbocycles. The molecule has 132 valence electrons. The van der Waals surface area contributed by atoms with Crippen LogP contribution >= 0.6 is 0 Å². The number of carbonyl (C=O) groups is 2. The van der Waals surface area contributed by atoms with E-state index in [-0.39, 0.29) is 29.1 Å². The molecule has 0 bridgehead atoms. The zero-order chi connectivity index (χ0) is 17.9. The molecule has 6 heteroatoms. The van der Waals surface area contributed by atoms with Gasteiger partial charge in [-0.2, -0.15) is 0 Å². The highest BCUT2D eigenvalue weighted by Crippen LogP contribution is 2.18. The summed E-state index contributed by atoms with van der Waals surface area (Å²) < 4.78 is 1.71. The maximum atomic E-state index is 12.4. The predicted molar refractivity (Wildman–Crippen MR) is 92.9 cm³/mol. The lowest BCUT2D eigenvalue weighted by atomic mass is 9.97. The Labute approximate surface area is 142 Å². The van der Waals surface area contributed by atoms with Crippen molar-refractivity contribution in [1.82, 2.24) is 14.8 Å². The number of nitrogens with one attached hydrogen (secondary N) is 1. The van der Waals surface area contributed by atoms with Crippen molar-refractivity contribution < 1.29 is 9.59 Å². The van der Waals surface area contributed by atoms with E-state index in [1.54, 1.807) is 18.5 Å². The fourth-order valence-electron chi connectivity index (χ4n) is 3.11. The molecular weight excluding hydrogens is 306 g/mol. The molecule has 1 aromatic heterocycles. The highest BCUT2D eigenvalue weighted by atomic mass is 16.2. The summed E-state index contributed by atoms with van der Waals surface area (Å²) >= 11 is 0. The van der Waals surface area contributed by atoms with E-state index < -0.39 is 0 Å². The fraction of sp³-hybridized carbons (Fsp3) is 0.611. The van der Waals surface area contributed by atoms with Crippen molar-refractivity contribution >= 4 is 11.8 Å². The van der Waals surface area contributed by atoms with E-state index in [2.05, 4.69) is 5.32 Å². The van der Waals surface area contributed by atoms with Crippen LogP contribution in [0.5, 0.6) is 0 Å². The smallest absolute Gasteiger partial charge is 0.268 e. The van der Waals surface area contributed by atoms with E-state index in [4.69, 9.17) is 0 Å². The van der Waals surface area contributed by atoms with Crippen LogP contribution in [0.2, 0.25) is 0 Å². The molecule has 1 aliphatic rings. The molecule has 2 rings (SSSR count). The third-order valence-corrected chi connectivity index (χ3v) is 4.63. The van der Waals surface area contributed by atoms with Crippen molar-refractivity contribution in [3.8, 4) is 0 Å². The number of carbonyl (C=O) groups excluding carboxylic acids is 2. The molecule has 6 nitrogen and oxygen atoms in total. The van der Waals surface area contributed by atoms with E-state index in [1.165, 1.54) is 12.1 Å². The highest BCUT2D eigenvalue weighted by molar-refractivity contribution is 5.92. The Balaban J connectivity index is 1.97. The van der Waals surface area contributed by atoms with E-state index in [1.807, 2.05) is 18.7 Å². The van der Waals surface area contributed by atoms with Crippen LogP contribution in [0.3, 0.4) is 0 Å². The number of rotatable bonds is 4. The number of hydrogen-bond donors (Lipinski definition) is 1. The molecule has 0 aliphatic carbocycles. The average molecular weight is 333 g/mol. The Morgan fingerprint density at radius 2 is 2.04 bits per heavy atom. The van der Waals surface area contributed by atoms with Crippen molar-refractivity contribution in [2.24, 2.45) is 18.9 Å². The zero-order valence-corrected chi connectivity index (χ0v) is 15.0. The van der Waals surface area contributed by atoms with Gasteiger partial charge in [0, 0.05) is 50.4 Å². The quantitative estimate of drug-likeness (QED) is 0.903. The van der Waals surface area contributed by atoms with Crippen molar-refractivity contribution in [3.63, 3.8) is 0 Å². The second-order valence-electron chi connectivity index (χ2n) is 6.93. The first-order valence-electron chi connectivity index (χ1n) is 8.54. The van der Waals surface area contributed by atoms with Gasteiger partial charge >= 0.3 is 0 Å². The molecule has 24 heavy (non-hydrogen) atoms. The number of aromatic nitrogens is 1. The van der Waals surface area contributed by atoms with Gasteiger partial charge in [-0.25, -0.2) is 0 Å². The molecule has 0 spiro atoms. The average Bonchev–Trinajstić information content (AvgIpc) is 2.55. The van der Waals surface area contributed by atoms with Gasteiger partial charge in [0.25, 0.3) is 5.91 Å². The molecule has 1 N–H and O–H groups in total. The Morgan fingerprint density at radius 1 is 1.33 bits per heavy atom. The molecule has 1 aliphatic heterocycles. The summed E-state index contributed by atoms with van der Waals surface area (Å²) in [6.45, 7) is 7.62. The van der Waals surface area contributed by atoms with Crippen LogP contribution in [0.1, 0.15) is 42.9 Å². The van der Waals surface area contributed by atoms with Crippen molar-refractivity contribution in [2.45, 2.75) is 33.6 Å². The first-order valence-corrected chi connectivity index (χ1v) is 8.54. The summed E-state index contributed by atoms with van der Waals surface area (Å²) in [4.78, 5) is 38.0. The minimum Gasteiger partial charge on any atom is -0.350 e. The topological polar surface area (TPSA) is 71.4 Å². The van der Waals surface area contributed by atoms with Gasteiger partial charge < -0.3 is 14.8 Å². The van der Waals surface area contributed by atoms with Crippen LogP contribution in [0.4, 0.5) is 0 Å². The van der Waals surface area contributed by atoms with Gasteiger partial charge in [0.15, 0.2) is 5.43 Å². The molecule has 2 heterocycles. The van der Waals surface area contributed by atoms with Crippen molar-refractivity contribution in [3.05, 3.63) is 33.7 Å². The number of amides is 2. The van der Waals surface area contributed by atoms with Crippen molar-refractivity contribution in [2.75, 3.05) is 19.6 Å². The summed E-state index contributed by atoms with van der Waals surface area (Å²) in [7, 11) is 1.77. The Morgan fingerprint density at radius 3 is 2.71 bits per heavy atom. The molecule has 1 aromatic rings. The first-order chi connectivity index (χ1) is 11.3. The standard InChI is InChI=1S/C18H27N3O3/c1-12(2)18(24)21-7-5-6-14(11-21)10-19-17(23)16-9-15(22)8-13(3)20(16)4/h8-9,12,14H,5-7,10-11H2,1-4H3,(H,19,23). The van der Waals surface area contributed by atoms with E-state index in [0.29, 0.717) is 18.8 Å². The lowest BCUT2D eigenvalue weighted by Gasteiger charge is -2.34. The summed E-state index contributed by atoms with van der Waals surface area (Å²) in [5.74, 6) is 0.185. The maximum absolute atomic E-state index is 12.4. The number of likely N-dealkylation sites (tertiary alicyclic amines) is 1. The van der Waals surface area contributed by atoms with Gasteiger partial charge in [0.05, 0.1) is 0 Å². The van der Waals surface area contributed by atoms with Crippen LogP contribution < -0.4 is 10.7 Å². The molecule has 0 aromatic carbocycles. The van der Waals surface area contributed by atoms with Gasteiger partial charge in [-0.3, -0.25) is 14.4 Å². The zero-order valence-electron chi connectivity index (χ0n) is 15.0. The molecule has 2 amide bonds. The molecule has 1 saturated heterocycles. The van der Waals surface area contributed by atoms with Gasteiger partial charge in [0.2, 0.25) is 5.91 Å². The van der Waals surface area contributed by atoms with E-state index in [9.17, 15) is 14.4 Å². The van der Waals surface area contributed by atoms with Crippen LogP contribution in [-0.2, 0) is 11.8 Å². The molecular formula is C18H27N3O3. The molecule has 1 unspecified atom stereocenters. The number of hydrogen-bond acceptors (Lipinski definition) is 3. The summed E-state index contributed by atoms with van der Waals surface area (Å²) in [5.41, 5.74) is 0.951. The lowest BCUT2D eigenvalue weighted by Crippen LogP contribution is -2.45. The lowest BCUT2D eigenvalue weighted by molar-refractivity contribution is -0.136. The van der Waals surface area contributed by atoms with Gasteiger partial charge in [0.1, 0.15) is 5.69 Å². The SMILES string of the molecule is Cc1cc(=O)cc(C(=O)NCC2CCCN(C(=O)C(C)C)C2)n1C. The third-order valence-electron chi connectivity index (χ3n) is 4.63. The Hall–Kier alpha value is -2.11. The fourth-order valence-corrected chi connectivity index (χ4v) is 3.11. The van der Waals surface area contributed by atoms with Crippen LogP contribution in [0, 0.1) is 18.8 Å². The normalized spacial score (nSPS) is 17.9. The number of pyridine rings is 1. The van der Waals surface area contributed by atoms with Crippen LogP contribution in [-0.4, -0.2) is 40.9 Å². The molecule has 0 radical (unpaired) electrons. The summed E-state index contributed by atoms with van der Waals surface area (Å²) in [6.07, 6.45) is 1.96. The van der Waals surface area contributed by atoms with Crippen molar-refractivity contribution in [1.29, 1.82) is 0 Å². The first kappa shape index (κ1) is 18.2. The second kappa shape index (κ2) is 7.64. The molecule has 1 atom stereocenters. The van der Waals surface area contributed by atoms with Crippen LogP contribution in [0.25, 0.3) is 0 Å². The maximum Gasteiger partial charge on any atom is 0.268 e. The van der Waals surface area contributed by atoms with E-state index >= 15 is 0 Å². The minimum atomic E-state index is -0.245. The highest BCUT2D eigenvalue weighted by Gasteiger charge is 2.25. The number of aryl methyl sites for hydroxylation is 1. The summed E-state index contributed by atoms with van der Waals surface area (Å²) in [6, 6.07) is 2.87.